The van der Waals surface area contributed by atoms with Crippen molar-refractivity contribution in [1.29, 1.82) is 5.26 Å². The summed E-state index contributed by atoms with van der Waals surface area (Å²) in [5, 5.41) is 12.9. The number of azide groups is 1. The second-order valence-corrected chi connectivity index (χ2v) is 8.34. The van der Waals surface area contributed by atoms with Crippen LogP contribution in [-0.4, -0.2) is 36.0 Å². The zero-order valence-electron chi connectivity index (χ0n) is 15.8. The van der Waals surface area contributed by atoms with Crippen molar-refractivity contribution in [3.8, 4) is 6.07 Å². The van der Waals surface area contributed by atoms with Crippen molar-refractivity contribution in [2.24, 2.45) is 17.0 Å². The third-order valence-electron chi connectivity index (χ3n) is 6.99. The van der Waals surface area contributed by atoms with E-state index in [1.165, 1.54) is 11.0 Å². The van der Waals surface area contributed by atoms with Crippen LogP contribution in [-0.2, 0) is 20.4 Å². The van der Waals surface area contributed by atoms with Gasteiger partial charge in [0.2, 0.25) is 5.91 Å². The van der Waals surface area contributed by atoms with Gasteiger partial charge in [-0.25, -0.2) is 0 Å². The predicted octanol–water partition coefficient (Wildman–Crippen LogP) is 3.51. The van der Waals surface area contributed by atoms with Gasteiger partial charge in [0.05, 0.1) is 47.0 Å². The summed E-state index contributed by atoms with van der Waals surface area (Å²) >= 11 is 0. The van der Waals surface area contributed by atoms with Crippen molar-refractivity contribution >= 4 is 11.6 Å². The Hall–Kier alpha value is -2.80. The number of rotatable bonds is 2. The Kier molecular flexibility index (Phi) is 3.76. The van der Waals surface area contributed by atoms with Crippen LogP contribution in [0, 0.1) is 23.2 Å². The summed E-state index contributed by atoms with van der Waals surface area (Å²) in [7, 11) is 0. The molecule has 0 radical (unpaired) electrons. The minimum atomic E-state index is -4.74. The highest BCUT2D eigenvalue weighted by Crippen LogP contribution is 2.66. The van der Waals surface area contributed by atoms with Crippen LogP contribution in [0.5, 0.6) is 0 Å². The zero-order valence-corrected chi connectivity index (χ0v) is 15.8. The van der Waals surface area contributed by atoms with Gasteiger partial charge in [0.25, 0.3) is 0 Å². The maximum absolute atomic E-state index is 13.5. The molecule has 4 aliphatic heterocycles. The molecule has 0 aliphatic carbocycles. The number of nitrogens with zero attached hydrogens (tertiary/aromatic N) is 5. The minimum absolute atomic E-state index is 0.0195. The van der Waals surface area contributed by atoms with E-state index in [-0.39, 0.29) is 18.2 Å². The van der Waals surface area contributed by atoms with Crippen LogP contribution < -0.4 is 4.90 Å². The molecule has 0 N–H and O–H groups in total. The molecule has 11 heteroatoms. The third-order valence-corrected chi connectivity index (χ3v) is 6.99. The lowest BCUT2D eigenvalue weighted by molar-refractivity contribution is -0.141. The lowest BCUT2D eigenvalue weighted by Gasteiger charge is -2.42. The summed E-state index contributed by atoms with van der Waals surface area (Å²) in [6.07, 6.45) is -4.56. The molecule has 1 aromatic carbocycles. The van der Waals surface area contributed by atoms with Crippen molar-refractivity contribution in [3.05, 3.63) is 39.8 Å². The first-order valence-corrected chi connectivity index (χ1v) is 9.47. The smallest absolute Gasteiger partial charge is 0.367 e. The van der Waals surface area contributed by atoms with Crippen molar-refractivity contribution in [1.82, 2.24) is 0 Å². The average Bonchev–Trinajstić information content (AvgIpc) is 3.25. The van der Waals surface area contributed by atoms with Crippen molar-refractivity contribution in [3.63, 3.8) is 0 Å². The first kappa shape index (κ1) is 19.2. The second-order valence-electron chi connectivity index (χ2n) is 8.34. The topological polar surface area (TPSA) is 111 Å². The first-order chi connectivity index (χ1) is 14.2. The van der Waals surface area contributed by atoms with Gasteiger partial charge < -0.3 is 9.47 Å². The molecule has 1 amide bonds. The van der Waals surface area contributed by atoms with Gasteiger partial charge in [0, 0.05) is 22.9 Å². The lowest BCUT2D eigenvalue weighted by Crippen LogP contribution is -2.52. The molecule has 0 aromatic heterocycles. The van der Waals surface area contributed by atoms with Crippen molar-refractivity contribution in [2.45, 2.75) is 49.4 Å². The van der Waals surface area contributed by atoms with Gasteiger partial charge in [-0.2, -0.15) is 18.4 Å². The summed E-state index contributed by atoms with van der Waals surface area (Å²) in [5.74, 6) is -1.50. The van der Waals surface area contributed by atoms with E-state index in [1.807, 2.05) is 0 Å². The lowest BCUT2D eigenvalue weighted by atomic mass is 9.64. The Bertz CT molecular complexity index is 1050. The number of nitriles is 1. The zero-order chi connectivity index (χ0) is 21.5. The number of halogens is 3. The van der Waals surface area contributed by atoms with E-state index in [4.69, 9.17) is 20.3 Å². The quantitative estimate of drug-likeness (QED) is 0.415. The van der Waals surface area contributed by atoms with Gasteiger partial charge in [-0.1, -0.05) is 5.11 Å². The van der Waals surface area contributed by atoms with Gasteiger partial charge in [-0.15, -0.1) is 0 Å². The summed E-state index contributed by atoms with van der Waals surface area (Å²) in [6.45, 7) is 1.99. The van der Waals surface area contributed by atoms with Gasteiger partial charge >= 0.3 is 6.18 Å². The second kappa shape index (κ2) is 5.88. The molecule has 4 heterocycles. The molecule has 156 valence electrons. The maximum Gasteiger partial charge on any atom is 0.417 e. The van der Waals surface area contributed by atoms with Gasteiger partial charge in [0.15, 0.2) is 0 Å². The maximum atomic E-state index is 13.5. The molecular formula is C19H16F3N5O3. The predicted molar refractivity (Wildman–Crippen MR) is 94.8 cm³/mol. The van der Waals surface area contributed by atoms with Gasteiger partial charge in [-0.3, -0.25) is 9.69 Å². The van der Waals surface area contributed by atoms with Crippen molar-refractivity contribution < 1.29 is 27.4 Å². The fourth-order valence-electron chi connectivity index (χ4n) is 5.83. The van der Waals surface area contributed by atoms with Crippen LogP contribution in [0.15, 0.2) is 23.3 Å². The van der Waals surface area contributed by atoms with Crippen LogP contribution in [0.25, 0.3) is 10.4 Å². The van der Waals surface area contributed by atoms with Crippen LogP contribution in [0.1, 0.15) is 30.9 Å². The van der Waals surface area contributed by atoms with Crippen LogP contribution >= 0.6 is 0 Å². The number of anilines is 1. The molecule has 1 unspecified atom stereocenters. The van der Waals surface area contributed by atoms with E-state index < -0.39 is 52.6 Å². The summed E-state index contributed by atoms with van der Waals surface area (Å²) in [4.78, 5) is 17.6. The van der Waals surface area contributed by atoms with E-state index in [9.17, 15) is 18.0 Å². The van der Waals surface area contributed by atoms with Gasteiger partial charge in [-0.05, 0) is 37.1 Å². The Morgan fingerprint density at radius 3 is 2.87 bits per heavy atom. The van der Waals surface area contributed by atoms with E-state index in [2.05, 4.69) is 10.0 Å². The molecule has 1 aromatic rings. The Morgan fingerprint density at radius 1 is 1.43 bits per heavy atom. The Morgan fingerprint density at radius 2 is 2.20 bits per heavy atom. The monoisotopic (exact) mass is 419 g/mol. The molecule has 5 rings (SSSR count). The number of ether oxygens (including phenoxy) is 2. The molecule has 4 aliphatic rings. The number of alkyl halides is 3. The normalized spacial score (nSPS) is 38.9. The van der Waals surface area contributed by atoms with E-state index in [0.717, 1.165) is 12.1 Å². The van der Waals surface area contributed by atoms with E-state index in [1.54, 1.807) is 13.0 Å². The molecule has 2 bridgehead atoms. The number of carbonyl (C=O) groups is 1. The standard InChI is InChI=1S/C19H16F3N5O3/c1-17-12(25-26-24)7-18(30-17)4-5-29-16-14(18)13(17)15(28)27(16)10-3-2-9(8-23)11(6-10)19(20,21)22/h2-3,6,12-14,16H,4-5,7H2,1H3/t12?,13-,14+,16+,17-,18+/m0/s1. The number of hydrogen-bond acceptors (Lipinski definition) is 5. The van der Waals surface area contributed by atoms with E-state index in [0.29, 0.717) is 12.8 Å². The number of carbonyl (C=O) groups excluding carboxylic acids is 1. The highest BCUT2D eigenvalue weighted by molar-refractivity contribution is 6.00. The number of hydrogen-bond donors (Lipinski definition) is 0. The molecule has 4 saturated heterocycles. The number of benzene rings is 1. The molecule has 0 saturated carbocycles. The van der Waals surface area contributed by atoms with Crippen LogP contribution in [0.2, 0.25) is 0 Å². The van der Waals surface area contributed by atoms with Crippen molar-refractivity contribution in [2.75, 3.05) is 11.5 Å². The summed E-state index contributed by atoms with van der Waals surface area (Å²) in [6, 6.07) is 4.21. The molecule has 1 spiro atoms. The van der Waals surface area contributed by atoms with Crippen LogP contribution in [0.3, 0.4) is 0 Å². The average molecular weight is 419 g/mol. The molecule has 30 heavy (non-hydrogen) atoms. The fraction of sp³-hybridized carbons (Fsp3) is 0.579. The van der Waals surface area contributed by atoms with E-state index >= 15 is 0 Å². The van der Waals surface area contributed by atoms with Gasteiger partial charge in [0.1, 0.15) is 6.23 Å². The minimum Gasteiger partial charge on any atom is -0.367 e. The fourth-order valence-corrected chi connectivity index (χ4v) is 5.83. The first-order valence-electron chi connectivity index (χ1n) is 9.47. The van der Waals surface area contributed by atoms with Crippen LogP contribution in [0.4, 0.5) is 18.9 Å². The molecule has 6 atom stereocenters. The Balaban J connectivity index is 1.62. The highest BCUT2D eigenvalue weighted by atomic mass is 19.4. The number of amides is 1. The SMILES string of the molecule is C[C@@]12O[C@]3(CCO[C@@H]4[C@H]3[C@H]1C(=O)N4c1ccc(C#N)c(C(F)(F)F)c1)CC2N=[N+]=[N-]. The third kappa shape index (κ3) is 2.24. The largest absolute Gasteiger partial charge is 0.417 e. The summed E-state index contributed by atoms with van der Waals surface area (Å²) in [5.41, 5.74) is 5.57. The molecule has 4 fully saturated rings. The highest BCUT2D eigenvalue weighted by Gasteiger charge is 2.77. The summed E-state index contributed by atoms with van der Waals surface area (Å²) < 4.78 is 52.6. The Labute approximate surface area is 168 Å². The molecule has 8 nitrogen and oxygen atoms in total. The molecular weight excluding hydrogens is 403 g/mol. The number of fused-ring (bicyclic) bond motifs is 2.